The van der Waals surface area contributed by atoms with Gasteiger partial charge in [-0.2, -0.15) is 0 Å². The Bertz CT molecular complexity index is 493. The van der Waals surface area contributed by atoms with Crippen LogP contribution in [0.25, 0.3) is 0 Å². The zero-order chi connectivity index (χ0) is 13.0. The third-order valence-electron chi connectivity index (χ3n) is 2.92. The Morgan fingerprint density at radius 1 is 1.06 bits per heavy atom. The molecule has 0 aliphatic heterocycles. The van der Waals surface area contributed by atoms with Gasteiger partial charge in [0.25, 0.3) is 0 Å². The first-order valence-corrected chi connectivity index (χ1v) is 6.30. The molecule has 0 aromatic heterocycles. The topological polar surface area (TPSA) is 32.3 Å². The first kappa shape index (κ1) is 12.9. The van der Waals surface area contributed by atoms with Crippen LogP contribution in [-0.2, 0) is 6.54 Å². The van der Waals surface area contributed by atoms with Crippen molar-refractivity contribution in [3.05, 3.63) is 64.7 Å². The molecule has 0 aliphatic rings. The van der Waals surface area contributed by atoms with Crippen LogP contribution in [0.3, 0.4) is 0 Å². The van der Waals surface area contributed by atoms with Gasteiger partial charge in [-0.15, -0.1) is 0 Å². The van der Waals surface area contributed by atoms with Crippen LogP contribution in [0, 0.1) is 0 Å². The molecule has 0 spiro atoms. The quantitative estimate of drug-likeness (QED) is 0.875. The summed E-state index contributed by atoms with van der Waals surface area (Å²) in [6.07, 6.45) is 0. The lowest BCUT2D eigenvalue weighted by atomic mass is 10.1. The van der Waals surface area contributed by atoms with E-state index >= 15 is 0 Å². The third-order valence-corrected chi connectivity index (χ3v) is 3.17. The highest BCUT2D eigenvalue weighted by Crippen LogP contribution is 2.17. The molecule has 1 atom stereocenters. The first-order valence-electron chi connectivity index (χ1n) is 5.92. The third kappa shape index (κ3) is 3.49. The number of hydrogen-bond acceptors (Lipinski definition) is 2. The maximum atomic E-state index is 9.21. The number of rotatable bonds is 4. The molecule has 18 heavy (non-hydrogen) atoms. The summed E-state index contributed by atoms with van der Waals surface area (Å²) in [7, 11) is 0. The Morgan fingerprint density at radius 3 is 2.28 bits per heavy atom. The normalized spacial score (nSPS) is 12.3. The van der Waals surface area contributed by atoms with E-state index in [4.69, 9.17) is 11.6 Å². The Labute approximate surface area is 112 Å². The van der Waals surface area contributed by atoms with Crippen LogP contribution in [0.4, 0.5) is 0 Å². The number of aromatic hydroxyl groups is 1. The molecule has 0 radical (unpaired) electrons. The summed E-state index contributed by atoms with van der Waals surface area (Å²) in [5, 5.41) is 13.4. The molecule has 0 amide bonds. The largest absolute Gasteiger partial charge is 0.508 e. The number of halogens is 1. The van der Waals surface area contributed by atoms with E-state index in [1.54, 1.807) is 12.1 Å². The molecule has 0 fully saturated rings. The van der Waals surface area contributed by atoms with Gasteiger partial charge in [0.05, 0.1) is 0 Å². The second-order valence-electron chi connectivity index (χ2n) is 4.32. The maximum absolute atomic E-state index is 9.21. The van der Waals surface area contributed by atoms with Crippen molar-refractivity contribution < 1.29 is 5.11 Å². The minimum atomic E-state index is 0.260. The molecule has 2 rings (SSSR count). The van der Waals surface area contributed by atoms with E-state index in [0.717, 1.165) is 17.1 Å². The number of hydrogen-bond donors (Lipinski definition) is 2. The number of nitrogens with one attached hydrogen (secondary N) is 1. The van der Waals surface area contributed by atoms with E-state index in [1.807, 2.05) is 36.4 Å². The summed E-state index contributed by atoms with van der Waals surface area (Å²) in [5.41, 5.74) is 2.35. The minimum Gasteiger partial charge on any atom is -0.508 e. The van der Waals surface area contributed by atoms with Crippen LogP contribution < -0.4 is 5.32 Å². The molecule has 3 heteroatoms. The van der Waals surface area contributed by atoms with E-state index in [-0.39, 0.29) is 6.04 Å². The first-order chi connectivity index (χ1) is 8.65. The highest BCUT2D eigenvalue weighted by Gasteiger charge is 2.04. The Morgan fingerprint density at radius 2 is 1.67 bits per heavy atom. The van der Waals surface area contributed by atoms with Gasteiger partial charge in [0.1, 0.15) is 5.75 Å². The predicted octanol–water partition coefficient (Wildman–Crippen LogP) is 3.90. The second-order valence-corrected chi connectivity index (χ2v) is 4.76. The van der Waals surface area contributed by atoms with Crippen molar-refractivity contribution in [3.63, 3.8) is 0 Å². The van der Waals surface area contributed by atoms with Gasteiger partial charge in [0.2, 0.25) is 0 Å². The van der Waals surface area contributed by atoms with Crippen LogP contribution >= 0.6 is 11.6 Å². The van der Waals surface area contributed by atoms with Crippen LogP contribution in [0.2, 0.25) is 5.02 Å². The van der Waals surface area contributed by atoms with Gasteiger partial charge in [-0.3, -0.25) is 0 Å². The van der Waals surface area contributed by atoms with Crippen molar-refractivity contribution in [2.75, 3.05) is 0 Å². The summed E-state index contributed by atoms with van der Waals surface area (Å²) in [6.45, 7) is 2.88. The molecule has 2 N–H and O–H groups in total. The van der Waals surface area contributed by atoms with Crippen molar-refractivity contribution in [2.24, 2.45) is 0 Å². The van der Waals surface area contributed by atoms with E-state index in [9.17, 15) is 5.11 Å². The SMILES string of the molecule is CC(NCc1ccc(O)cc1)c1ccc(Cl)cc1. The molecule has 2 aromatic rings. The van der Waals surface area contributed by atoms with Crippen LogP contribution in [0.5, 0.6) is 5.75 Å². The second kappa shape index (κ2) is 5.89. The molecule has 94 valence electrons. The van der Waals surface area contributed by atoms with E-state index < -0.39 is 0 Å². The summed E-state index contributed by atoms with van der Waals surface area (Å²) in [4.78, 5) is 0. The Balaban J connectivity index is 1.93. The summed E-state index contributed by atoms with van der Waals surface area (Å²) >= 11 is 5.86. The fourth-order valence-corrected chi connectivity index (χ4v) is 1.88. The van der Waals surface area contributed by atoms with Gasteiger partial charge in [0.15, 0.2) is 0 Å². The van der Waals surface area contributed by atoms with Gasteiger partial charge in [0, 0.05) is 17.6 Å². The highest BCUT2D eigenvalue weighted by atomic mass is 35.5. The monoisotopic (exact) mass is 261 g/mol. The summed E-state index contributed by atoms with van der Waals surface area (Å²) in [5.74, 6) is 0.296. The standard InChI is InChI=1S/C15H16ClNO/c1-11(13-4-6-14(16)7-5-13)17-10-12-2-8-15(18)9-3-12/h2-9,11,17-18H,10H2,1H3. The lowest BCUT2D eigenvalue weighted by Crippen LogP contribution is -2.17. The molecule has 0 bridgehead atoms. The van der Waals surface area contributed by atoms with Gasteiger partial charge < -0.3 is 10.4 Å². The Hall–Kier alpha value is -1.51. The fourth-order valence-electron chi connectivity index (χ4n) is 1.75. The average Bonchev–Trinajstić information content (AvgIpc) is 2.38. The molecule has 0 saturated heterocycles. The molecule has 0 saturated carbocycles. The molecule has 0 heterocycles. The van der Waals surface area contributed by atoms with Crippen molar-refractivity contribution in [1.29, 1.82) is 0 Å². The molecule has 0 aliphatic carbocycles. The average molecular weight is 262 g/mol. The van der Waals surface area contributed by atoms with Crippen LogP contribution in [0.15, 0.2) is 48.5 Å². The lowest BCUT2D eigenvalue weighted by molar-refractivity contribution is 0.474. The zero-order valence-corrected chi connectivity index (χ0v) is 11.0. The summed E-state index contributed by atoms with van der Waals surface area (Å²) < 4.78 is 0. The van der Waals surface area contributed by atoms with Crippen LogP contribution in [-0.4, -0.2) is 5.11 Å². The molecular formula is C15H16ClNO. The smallest absolute Gasteiger partial charge is 0.115 e. The maximum Gasteiger partial charge on any atom is 0.115 e. The molecular weight excluding hydrogens is 246 g/mol. The Kier molecular flexibility index (Phi) is 4.24. The number of phenols is 1. The van der Waals surface area contributed by atoms with Crippen molar-refractivity contribution in [3.8, 4) is 5.75 Å². The molecule has 2 nitrogen and oxygen atoms in total. The van der Waals surface area contributed by atoms with E-state index in [2.05, 4.69) is 12.2 Å². The predicted molar refractivity (Wildman–Crippen MR) is 74.8 cm³/mol. The zero-order valence-electron chi connectivity index (χ0n) is 10.2. The van der Waals surface area contributed by atoms with E-state index in [1.165, 1.54) is 5.56 Å². The van der Waals surface area contributed by atoms with Gasteiger partial charge >= 0.3 is 0 Å². The molecule has 1 unspecified atom stereocenters. The van der Waals surface area contributed by atoms with Crippen molar-refractivity contribution in [1.82, 2.24) is 5.32 Å². The summed E-state index contributed by atoms with van der Waals surface area (Å²) in [6, 6.07) is 15.3. The fraction of sp³-hybridized carbons (Fsp3) is 0.200. The van der Waals surface area contributed by atoms with Gasteiger partial charge in [-0.25, -0.2) is 0 Å². The van der Waals surface area contributed by atoms with E-state index in [0.29, 0.717) is 5.75 Å². The number of phenolic OH excluding ortho intramolecular Hbond substituents is 1. The van der Waals surface area contributed by atoms with Gasteiger partial charge in [-0.1, -0.05) is 35.9 Å². The molecule has 2 aromatic carbocycles. The minimum absolute atomic E-state index is 0.260. The highest BCUT2D eigenvalue weighted by molar-refractivity contribution is 6.30. The van der Waals surface area contributed by atoms with Gasteiger partial charge in [-0.05, 0) is 42.3 Å². The van der Waals surface area contributed by atoms with Crippen LogP contribution in [0.1, 0.15) is 24.1 Å². The lowest BCUT2D eigenvalue weighted by Gasteiger charge is -2.14. The number of benzene rings is 2. The van der Waals surface area contributed by atoms with Crippen molar-refractivity contribution >= 4 is 11.6 Å². The van der Waals surface area contributed by atoms with Crippen molar-refractivity contribution in [2.45, 2.75) is 19.5 Å².